The van der Waals surface area contributed by atoms with Crippen molar-refractivity contribution >= 4 is 29.1 Å². The lowest BCUT2D eigenvalue weighted by atomic mass is 10.2. The fourth-order valence-electron chi connectivity index (χ4n) is 3.08. The average molecular weight is 412 g/mol. The van der Waals surface area contributed by atoms with Crippen LogP contribution in [0.3, 0.4) is 0 Å². The van der Waals surface area contributed by atoms with Gasteiger partial charge in [-0.25, -0.2) is 4.68 Å². The van der Waals surface area contributed by atoms with E-state index in [0.29, 0.717) is 5.69 Å². The molecule has 1 aromatic heterocycles. The van der Waals surface area contributed by atoms with E-state index in [2.05, 4.69) is 20.9 Å². The molecule has 8 nitrogen and oxygen atoms in total. The van der Waals surface area contributed by atoms with Crippen molar-refractivity contribution in [2.24, 2.45) is 5.10 Å². The van der Waals surface area contributed by atoms with Gasteiger partial charge in [0.2, 0.25) is 5.82 Å². The molecule has 0 radical (unpaired) electrons. The van der Waals surface area contributed by atoms with Crippen LogP contribution in [-0.2, 0) is 0 Å². The van der Waals surface area contributed by atoms with E-state index < -0.39 is 4.92 Å². The number of aromatic nitrogens is 2. The molecular weight excluding hydrogens is 392 g/mol. The summed E-state index contributed by atoms with van der Waals surface area (Å²) in [5.74, 6) is 0.256. The first-order chi connectivity index (χ1) is 15.1. The van der Waals surface area contributed by atoms with Crippen LogP contribution in [0.5, 0.6) is 0 Å². The molecule has 0 aliphatic rings. The molecule has 1 heterocycles. The maximum atomic E-state index is 12.0. The van der Waals surface area contributed by atoms with E-state index in [4.69, 9.17) is 0 Å². The average Bonchev–Trinajstić information content (AvgIpc) is 3.15. The summed E-state index contributed by atoms with van der Waals surface area (Å²) in [6.07, 6.45) is 1.35. The van der Waals surface area contributed by atoms with Gasteiger partial charge in [-0.15, -0.1) is 0 Å². The topological polar surface area (TPSA) is 97.4 Å². The maximum Gasteiger partial charge on any atom is 0.340 e. The number of aryl methyl sites for hydroxylation is 1. The van der Waals surface area contributed by atoms with E-state index in [1.54, 1.807) is 0 Å². The van der Waals surface area contributed by atoms with E-state index >= 15 is 0 Å². The van der Waals surface area contributed by atoms with E-state index in [9.17, 15) is 10.1 Å². The minimum atomic E-state index is -0.448. The van der Waals surface area contributed by atoms with Crippen molar-refractivity contribution in [2.45, 2.75) is 6.92 Å². The minimum absolute atomic E-state index is 0.133. The molecule has 0 spiro atoms. The maximum absolute atomic E-state index is 12.0. The number of nitrogens with zero attached hydrogens (tertiary/aromatic N) is 4. The highest BCUT2D eigenvalue weighted by molar-refractivity contribution is 5.89. The van der Waals surface area contributed by atoms with Crippen LogP contribution < -0.4 is 10.7 Å². The summed E-state index contributed by atoms with van der Waals surface area (Å²) >= 11 is 0. The van der Waals surface area contributed by atoms with Gasteiger partial charge in [0.25, 0.3) is 0 Å². The quantitative estimate of drug-likeness (QED) is 0.245. The van der Waals surface area contributed by atoms with Gasteiger partial charge in [-0.05, 0) is 42.8 Å². The number of nitrogens with one attached hydrogen (secondary N) is 2. The number of para-hydroxylation sites is 3. The summed E-state index contributed by atoms with van der Waals surface area (Å²) < 4.78 is 1.52. The van der Waals surface area contributed by atoms with Gasteiger partial charge in [-0.3, -0.25) is 15.5 Å². The Bertz CT molecular complexity index is 1220. The summed E-state index contributed by atoms with van der Waals surface area (Å²) in [7, 11) is 0. The molecule has 0 fully saturated rings. The highest BCUT2D eigenvalue weighted by atomic mass is 16.6. The second-order valence-electron chi connectivity index (χ2n) is 6.76. The summed E-state index contributed by atoms with van der Waals surface area (Å²) in [5, 5.41) is 23.8. The number of hydrogen-bond acceptors (Lipinski definition) is 6. The molecule has 0 unspecified atom stereocenters. The van der Waals surface area contributed by atoms with E-state index in [-0.39, 0.29) is 17.2 Å². The molecule has 0 amide bonds. The van der Waals surface area contributed by atoms with E-state index in [1.807, 2.05) is 91.9 Å². The normalized spacial score (nSPS) is 10.9. The van der Waals surface area contributed by atoms with Gasteiger partial charge >= 0.3 is 5.69 Å². The summed E-state index contributed by atoms with van der Waals surface area (Å²) in [6, 6.07) is 26.2. The molecule has 0 saturated heterocycles. The predicted octanol–water partition coefficient (Wildman–Crippen LogP) is 5.28. The van der Waals surface area contributed by atoms with Gasteiger partial charge in [0.15, 0.2) is 5.69 Å². The van der Waals surface area contributed by atoms with Crippen LogP contribution in [0.25, 0.3) is 5.69 Å². The van der Waals surface area contributed by atoms with Gasteiger partial charge in [0.1, 0.15) is 0 Å². The Morgan fingerprint density at radius 1 is 0.968 bits per heavy atom. The highest BCUT2D eigenvalue weighted by Gasteiger charge is 2.28. The first-order valence-electron chi connectivity index (χ1n) is 9.63. The molecule has 31 heavy (non-hydrogen) atoms. The Morgan fingerprint density at radius 3 is 2.29 bits per heavy atom. The summed E-state index contributed by atoms with van der Waals surface area (Å²) in [4.78, 5) is 11.6. The number of benzene rings is 3. The number of hydrogen-bond donors (Lipinski definition) is 2. The number of hydrazone groups is 1. The van der Waals surface area contributed by atoms with Gasteiger partial charge in [0.05, 0.1) is 22.5 Å². The molecule has 3 aromatic carbocycles. The Kier molecular flexibility index (Phi) is 5.70. The number of rotatable bonds is 7. The molecule has 0 aliphatic carbocycles. The smallest absolute Gasteiger partial charge is 0.334 e. The second-order valence-corrected chi connectivity index (χ2v) is 6.76. The number of nitro groups is 1. The fraction of sp³-hybridized carbons (Fsp3) is 0.0435. The van der Waals surface area contributed by atoms with Crippen LogP contribution in [0.4, 0.5) is 22.9 Å². The third-order valence-corrected chi connectivity index (χ3v) is 4.62. The van der Waals surface area contributed by atoms with Crippen molar-refractivity contribution in [3.63, 3.8) is 0 Å². The Morgan fingerprint density at radius 2 is 1.61 bits per heavy atom. The second kappa shape index (κ2) is 8.91. The van der Waals surface area contributed by atoms with Crippen LogP contribution >= 0.6 is 0 Å². The zero-order chi connectivity index (χ0) is 21.6. The van der Waals surface area contributed by atoms with Crippen molar-refractivity contribution in [1.82, 2.24) is 9.78 Å². The van der Waals surface area contributed by atoms with Crippen molar-refractivity contribution in [3.05, 3.63) is 106 Å². The van der Waals surface area contributed by atoms with Gasteiger partial charge in [-0.2, -0.15) is 10.2 Å². The molecule has 0 bridgehead atoms. The van der Waals surface area contributed by atoms with Gasteiger partial charge < -0.3 is 5.32 Å². The summed E-state index contributed by atoms with van der Waals surface area (Å²) in [5.41, 5.74) is 6.01. The molecule has 2 N–H and O–H groups in total. The zero-order valence-electron chi connectivity index (χ0n) is 16.8. The first kappa shape index (κ1) is 19.8. The van der Waals surface area contributed by atoms with Crippen molar-refractivity contribution in [2.75, 3.05) is 10.7 Å². The lowest BCUT2D eigenvalue weighted by molar-refractivity contribution is -0.384. The van der Waals surface area contributed by atoms with Crippen LogP contribution in [0.2, 0.25) is 0 Å². The fourth-order valence-corrected chi connectivity index (χ4v) is 3.08. The molecule has 4 aromatic rings. The van der Waals surface area contributed by atoms with Crippen molar-refractivity contribution < 1.29 is 4.92 Å². The Labute approximate surface area is 179 Å². The van der Waals surface area contributed by atoms with Crippen LogP contribution in [0, 0.1) is 17.0 Å². The lowest BCUT2D eigenvalue weighted by Gasteiger charge is -2.11. The summed E-state index contributed by atoms with van der Waals surface area (Å²) in [6.45, 7) is 1.93. The molecule has 4 rings (SSSR count). The lowest BCUT2D eigenvalue weighted by Crippen LogP contribution is -2.04. The highest BCUT2D eigenvalue weighted by Crippen LogP contribution is 2.33. The number of anilines is 3. The molecule has 0 saturated carbocycles. The first-order valence-corrected chi connectivity index (χ1v) is 9.63. The van der Waals surface area contributed by atoms with Crippen molar-refractivity contribution in [3.8, 4) is 5.69 Å². The molecule has 0 aliphatic heterocycles. The van der Waals surface area contributed by atoms with Crippen molar-refractivity contribution in [1.29, 1.82) is 0 Å². The van der Waals surface area contributed by atoms with Gasteiger partial charge in [-0.1, -0.05) is 54.6 Å². The SMILES string of the molecule is Cc1ccccc1Nc1c([N+](=O)[O-])c(/C=N/Nc2ccccc2)nn1-c1ccccc1. The monoisotopic (exact) mass is 412 g/mol. The van der Waals surface area contributed by atoms with Gasteiger partial charge in [0, 0.05) is 5.69 Å². The Hall–Kier alpha value is -4.46. The Balaban J connectivity index is 1.79. The minimum Gasteiger partial charge on any atom is -0.334 e. The zero-order valence-corrected chi connectivity index (χ0v) is 16.8. The molecule has 154 valence electrons. The van der Waals surface area contributed by atoms with Crippen LogP contribution in [0.1, 0.15) is 11.3 Å². The standard InChI is InChI=1S/C23H20N6O2/c1-17-10-8-9-15-20(17)25-23-22(29(30)31)21(16-24-26-18-11-4-2-5-12-18)27-28(23)19-13-6-3-7-14-19/h2-16,25-26H,1H3/b24-16+. The predicted molar refractivity (Wildman–Crippen MR) is 122 cm³/mol. The third kappa shape index (κ3) is 4.43. The molecule has 8 heteroatoms. The molecule has 0 atom stereocenters. The van der Waals surface area contributed by atoms with E-state index in [0.717, 1.165) is 16.9 Å². The third-order valence-electron chi connectivity index (χ3n) is 4.62. The largest absolute Gasteiger partial charge is 0.340 e. The van der Waals surface area contributed by atoms with Crippen LogP contribution in [0.15, 0.2) is 90.0 Å². The van der Waals surface area contributed by atoms with Crippen LogP contribution in [-0.4, -0.2) is 20.9 Å². The van der Waals surface area contributed by atoms with E-state index in [1.165, 1.54) is 10.9 Å². The molecular formula is C23H20N6O2.